The van der Waals surface area contributed by atoms with Crippen LogP contribution in [0.5, 0.6) is 0 Å². The van der Waals surface area contributed by atoms with Crippen molar-refractivity contribution in [3.63, 3.8) is 0 Å². The Balaban J connectivity index is 3.02. The third kappa shape index (κ3) is 4.52. The molecule has 1 fully saturated rings. The minimum atomic E-state index is -1.07. The maximum atomic E-state index is 12.3. The maximum absolute atomic E-state index is 12.3. The molecule has 0 saturated heterocycles. The minimum absolute atomic E-state index is 0.516. The van der Waals surface area contributed by atoms with Gasteiger partial charge in [0.25, 0.3) is 0 Å². The zero-order valence-electron chi connectivity index (χ0n) is 15.6. The van der Waals surface area contributed by atoms with Crippen LogP contribution in [0, 0.1) is 10.8 Å². The van der Waals surface area contributed by atoms with Gasteiger partial charge in [-0.15, -0.1) is 0 Å². The molecule has 2 N–H and O–H groups in total. The number of rotatable bonds is 12. The second-order valence-corrected chi connectivity index (χ2v) is 7.60. The summed E-state index contributed by atoms with van der Waals surface area (Å²) in [5.41, 5.74) is -2.14. The molecule has 0 radical (unpaired) electrons. The first-order chi connectivity index (χ1) is 11.5. The maximum Gasteiger partial charge on any atom is 0.310 e. The van der Waals surface area contributed by atoms with Crippen LogP contribution >= 0.6 is 0 Å². The van der Waals surface area contributed by atoms with Crippen molar-refractivity contribution in [3.05, 3.63) is 0 Å². The van der Waals surface area contributed by atoms with Crippen LogP contribution in [0.4, 0.5) is 0 Å². The molecule has 1 aliphatic rings. The Kier molecular flexibility index (Phi) is 8.79. The fourth-order valence-electron chi connectivity index (χ4n) is 4.60. The van der Waals surface area contributed by atoms with Crippen molar-refractivity contribution in [2.24, 2.45) is 10.8 Å². The molecule has 0 bridgehead atoms. The second-order valence-electron chi connectivity index (χ2n) is 7.60. The minimum Gasteiger partial charge on any atom is -0.481 e. The van der Waals surface area contributed by atoms with Crippen LogP contribution in [-0.2, 0) is 9.59 Å². The summed E-state index contributed by atoms with van der Waals surface area (Å²) in [5, 5.41) is 20.1. The molecule has 1 rings (SSSR count). The largest absolute Gasteiger partial charge is 0.481 e. The molecule has 0 aromatic rings. The van der Waals surface area contributed by atoms with E-state index in [1.165, 1.54) is 0 Å². The molecule has 140 valence electrons. The van der Waals surface area contributed by atoms with E-state index in [1.807, 2.05) is 0 Å². The van der Waals surface area contributed by atoms with E-state index in [0.717, 1.165) is 64.2 Å². The SMILES string of the molecule is CCCCCCC1(C(=O)O)CCCCC1(CCCCCC)C(=O)O. The summed E-state index contributed by atoms with van der Waals surface area (Å²) >= 11 is 0. The first kappa shape index (κ1) is 21.0. The van der Waals surface area contributed by atoms with Gasteiger partial charge in [0.15, 0.2) is 0 Å². The lowest BCUT2D eigenvalue weighted by Crippen LogP contribution is -2.54. The quantitative estimate of drug-likeness (QED) is 0.451. The average molecular weight is 341 g/mol. The Morgan fingerprint density at radius 3 is 1.38 bits per heavy atom. The van der Waals surface area contributed by atoms with Crippen molar-refractivity contribution in [2.75, 3.05) is 0 Å². The first-order valence-electron chi connectivity index (χ1n) is 9.93. The van der Waals surface area contributed by atoms with Crippen LogP contribution in [0.1, 0.15) is 104 Å². The van der Waals surface area contributed by atoms with E-state index in [4.69, 9.17) is 0 Å². The first-order valence-corrected chi connectivity index (χ1v) is 9.93. The van der Waals surface area contributed by atoms with E-state index in [1.54, 1.807) is 0 Å². The molecule has 4 heteroatoms. The number of carboxylic acid groups (broad SMARTS) is 2. The van der Waals surface area contributed by atoms with E-state index in [-0.39, 0.29) is 0 Å². The number of hydrogen-bond acceptors (Lipinski definition) is 2. The van der Waals surface area contributed by atoms with Gasteiger partial charge < -0.3 is 10.2 Å². The van der Waals surface area contributed by atoms with Crippen molar-refractivity contribution < 1.29 is 19.8 Å². The molecule has 24 heavy (non-hydrogen) atoms. The van der Waals surface area contributed by atoms with Crippen molar-refractivity contribution >= 4 is 11.9 Å². The number of aliphatic carboxylic acids is 2. The summed E-state index contributed by atoms with van der Waals surface area (Å²) in [6.07, 6.45) is 11.8. The predicted octanol–water partition coefficient (Wildman–Crippen LogP) is 5.64. The van der Waals surface area contributed by atoms with Crippen molar-refractivity contribution in [2.45, 2.75) is 104 Å². The third-order valence-electron chi connectivity index (χ3n) is 6.11. The fourth-order valence-corrected chi connectivity index (χ4v) is 4.60. The van der Waals surface area contributed by atoms with Gasteiger partial charge in [-0.2, -0.15) is 0 Å². The summed E-state index contributed by atoms with van der Waals surface area (Å²) in [6, 6.07) is 0. The molecule has 0 heterocycles. The van der Waals surface area contributed by atoms with Crippen LogP contribution in [0.25, 0.3) is 0 Å². The van der Waals surface area contributed by atoms with E-state index < -0.39 is 22.8 Å². The van der Waals surface area contributed by atoms with E-state index in [9.17, 15) is 19.8 Å². The smallest absolute Gasteiger partial charge is 0.310 e. The second kappa shape index (κ2) is 10.0. The van der Waals surface area contributed by atoms with E-state index in [2.05, 4.69) is 13.8 Å². The van der Waals surface area contributed by atoms with Crippen LogP contribution in [-0.4, -0.2) is 22.2 Å². The van der Waals surface area contributed by atoms with Crippen LogP contribution in [0.15, 0.2) is 0 Å². The molecule has 0 aromatic carbocycles. The molecule has 2 atom stereocenters. The Labute approximate surface area is 147 Å². The Bertz CT molecular complexity index is 368. The zero-order chi connectivity index (χ0) is 18.1. The number of carbonyl (C=O) groups is 2. The van der Waals surface area contributed by atoms with Gasteiger partial charge in [0.1, 0.15) is 0 Å². The van der Waals surface area contributed by atoms with Gasteiger partial charge >= 0.3 is 11.9 Å². The Morgan fingerprint density at radius 2 is 1.08 bits per heavy atom. The highest BCUT2D eigenvalue weighted by Gasteiger charge is 2.61. The van der Waals surface area contributed by atoms with E-state index >= 15 is 0 Å². The molecule has 0 spiro atoms. The lowest BCUT2D eigenvalue weighted by Gasteiger charge is -2.49. The van der Waals surface area contributed by atoms with Gasteiger partial charge in [-0.3, -0.25) is 9.59 Å². The lowest BCUT2D eigenvalue weighted by atomic mass is 9.52. The van der Waals surface area contributed by atoms with Gasteiger partial charge in [0.2, 0.25) is 0 Å². The summed E-state index contributed by atoms with van der Waals surface area (Å²) in [6.45, 7) is 4.26. The van der Waals surface area contributed by atoms with Crippen molar-refractivity contribution in [3.8, 4) is 0 Å². The monoisotopic (exact) mass is 340 g/mol. The molecular weight excluding hydrogens is 304 g/mol. The highest BCUT2D eigenvalue weighted by molar-refractivity contribution is 5.87. The van der Waals surface area contributed by atoms with Gasteiger partial charge in [0.05, 0.1) is 10.8 Å². The number of carboxylic acids is 2. The highest BCUT2D eigenvalue weighted by Crippen LogP contribution is 2.57. The van der Waals surface area contributed by atoms with E-state index in [0.29, 0.717) is 25.7 Å². The van der Waals surface area contributed by atoms with Crippen molar-refractivity contribution in [1.29, 1.82) is 0 Å². The Morgan fingerprint density at radius 1 is 0.708 bits per heavy atom. The van der Waals surface area contributed by atoms with Gasteiger partial charge in [-0.25, -0.2) is 0 Å². The molecule has 1 aliphatic carbocycles. The zero-order valence-corrected chi connectivity index (χ0v) is 15.6. The topological polar surface area (TPSA) is 74.6 Å². The molecule has 1 saturated carbocycles. The van der Waals surface area contributed by atoms with Gasteiger partial charge in [0, 0.05) is 0 Å². The number of hydrogen-bond donors (Lipinski definition) is 2. The molecular formula is C20H36O4. The Hall–Kier alpha value is -1.06. The van der Waals surface area contributed by atoms with Gasteiger partial charge in [-0.1, -0.05) is 78.1 Å². The molecule has 0 aromatic heterocycles. The number of unbranched alkanes of at least 4 members (excludes halogenated alkanes) is 6. The summed E-state index contributed by atoms with van der Waals surface area (Å²) in [7, 11) is 0. The average Bonchev–Trinajstić information content (AvgIpc) is 2.56. The third-order valence-corrected chi connectivity index (χ3v) is 6.11. The molecule has 2 unspecified atom stereocenters. The van der Waals surface area contributed by atoms with Crippen LogP contribution in [0.3, 0.4) is 0 Å². The molecule has 4 nitrogen and oxygen atoms in total. The highest BCUT2D eigenvalue weighted by atomic mass is 16.4. The van der Waals surface area contributed by atoms with Crippen LogP contribution in [0.2, 0.25) is 0 Å². The predicted molar refractivity (Wildman–Crippen MR) is 96.1 cm³/mol. The standard InChI is InChI=1S/C20H36O4/c1-3-5-7-9-13-19(17(21)22)15-11-12-16-20(19,18(23)24)14-10-8-6-4-2/h3-16H2,1-2H3,(H,21,22)(H,23,24). The summed E-state index contributed by atoms with van der Waals surface area (Å²) < 4.78 is 0. The summed E-state index contributed by atoms with van der Waals surface area (Å²) in [5.74, 6) is -1.76. The molecule has 0 aliphatic heterocycles. The summed E-state index contributed by atoms with van der Waals surface area (Å²) in [4.78, 5) is 24.6. The molecule has 0 amide bonds. The van der Waals surface area contributed by atoms with Crippen molar-refractivity contribution in [1.82, 2.24) is 0 Å². The normalized spacial score (nSPS) is 27.1. The van der Waals surface area contributed by atoms with Crippen LogP contribution < -0.4 is 0 Å². The fraction of sp³-hybridized carbons (Fsp3) is 0.900. The van der Waals surface area contributed by atoms with Gasteiger partial charge in [-0.05, 0) is 25.7 Å². The lowest BCUT2D eigenvalue weighted by molar-refractivity contribution is -0.182.